The molecule has 10 heteroatoms. The summed E-state index contributed by atoms with van der Waals surface area (Å²) in [6.07, 6.45) is -7.82. The van der Waals surface area contributed by atoms with E-state index in [1.54, 1.807) is 24.3 Å². The van der Waals surface area contributed by atoms with Crippen LogP contribution in [0.2, 0.25) is 0 Å². The van der Waals surface area contributed by atoms with Crippen molar-refractivity contribution in [3.63, 3.8) is 0 Å². The smallest absolute Gasteiger partial charge is 0.433 e. The molecule has 1 aliphatic heterocycles. The van der Waals surface area contributed by atoms with Gasteiger partial charge in [0.15, 0.2) is 5.58 Å². The SMILES string of the molecule is FC(F)(F)c1cc(N2[C@@H]3CC[C@@H](C3)[C@H]2c2nc3ccccc3o2)nc(C(F)(F)F)c1. The number of nitrogens with zero attached hydrogens (tertiary/aromatic N) is 3. The number of halogens is 6. The predicted octanol–water partition coefficient (Wildman–Crippen LogP) is 5.99. The minimum atomic E-state index is -5.00. The Labute approximate surface area is 166 Å². The maximum Gasteiger partial charge on any atom is 0.433 e. The van der Waals surface area contributed by atoms with E-state index in [-0.39, 0.29) is 29.7 Å². The van der Waals surface area contributed by atoms with Crippen LogP contribution in [0.15, 0.2) is 40.8 Å². The van der Waals surface area contributed by atoms with Crippen molar-refractivity contribution >= 4 is 16.9 Å². The molecular formula is C20H15F6N3O. The number of para-hydroxylation sites is 2. The summed E-state index contributed by atoms with van der Waals surface area (Å²) >= 11 is 0. The van der Waals surface area contributed by atoms with E-state index in [0.29, 0.717) is 30.0 Å². The third-order valence-corrected chi connectivity index (χ3v) is 5.84. The molecule has 0 amide bonds. The number of pyridine rings is 1. The summed E-state index contributed by atoms with van der Waals surface area (Å²) in [5.41, 5.74) is -1.84. The van der Waals surface area contributed by atoms with Gasteiger partial charge in [-0.25, -0.2) is 9.97 Å². The number of hydrogen-bond acceptors (Lipinski definition) is 4. The summed E-state index contributed by atoms with van der Waals surface area (Å²) in [4.78, 5) is 9.56. The zero-order valence-corrected chi connectivity index (χ0v) is 15.3. The number of alkyl halides is 6. The van der Waals surface area contributed by atoms with E-state index >= 15 is 0 Å². The first-order chi connectivity index (χ1) is 14.1. The first-order valence-electron chi connectivity index (χ1n) is 9.41. The second-order valence-electron chi connectivity index (χ2n) is 7.69. The normalized spacial score (nSPS) is 24.2. The minimum absolute atomic E-state index is 0.0220. The second-order valence-corrected chi connectivity index (χ2v) is 7.69. The summed E-state index contributed by atoms with van der Waals surface area (Å²) in [5.74, 6) is -0.0403. The van der Waals surface area contributed by atoms with Crippen molar-refractivity contribution in [2.45, 2.75) is 43.7 Å². The van der Waals surface area contributed by atoms with Gasteiger partial charge in [-0.1, -0.05) is 12.1 Å². The number of piperidine rings is 1. The van der Waals surface area contributed by atoms with Crippen LogP contribution in [-0.2, 0) is 12.4 Å². The fourth-order valence-electron chi connectivity index (χ4n) is 4.61. The van der Waals surface area contributed by atoms with Gasteiger partial charge in [-0.05, 0) is 49.4 Å². The van der Waals surface area contributed by atoms with Gasteiger partial charge in [-0.2, -0.15) is 26.3 Å². The van der Waals surface area contributed by atoms with E-state index in [1.807, 2.05) is 0 Å². The van der Waals surface area contributed by atoms with Crippen LogP contribution in [0.1, 0.15) is 42.5 Å². The fourth-order valence-corrected chi connectivity index (χ4v) is 4.61. The van der Waals surface area contributed by atoms with Crippen LogP contribution in [0.5, 0.6) is 0 Å². The predicted molar refractivity (Wildman–Crippen MR) is 94.6 cm³/mol. The number of hydrogen-bond donors (Lipinski definition) is 0. The molecular weight excluding hydrogens is 412 g/mol. The number of fused-ring (bicyclic) bond motifs is 3. The third-order valence-electron chi connectivity index (χ3n) is 5.84. The fraction of sp³-hybridized carbons (Fsp3) is 0.400. The lowest BCUT2D eigenvalue weighted by Crippen LogP contribution is -2.36. The molecule has 0 radical (unpaired) electrons. The molecule has 3 heterocycles. The monoisotopic (exact) mass is 427 g/mol. The number of oxazole rings is 1. The quantitative estimate of drug-likeness (QED) is 0.471. The lowest BCUT2D eigenvalue weighted by Gasteiger charge is -2.35. The van der Waals surface area contributed by atoms with E-state index in [1.165, 1.54) is 4.90 Å². The number of aromatic nitrogens is 2. The van der Waals surface area contributed by atoms with Crippen LogP contribution in [0.3, 0.4) is 0 Å². The lowest BCUT2D eigenvalue weighted by atomic mass is 9.98. The Morgan fingerprint density at radius 1 is 0.933 bits per heavy atom. The van der Waals surface area contributed by atoms with Gasteiger partial charge in [0.25, 0.3) is 0 Å². The van der Waals surface area contributed by atoms with Crippen molar-refractivity contribution < 1.29 is 30.8 Å². The number of benzene rings is 1. The maximum absolute atomic E-state index is 13.3. The topological polar surface area (TPSA) is 42.2 Å². The van der Waals surface area contributed by atoms with Crippen molar-refractivity contribution in [3.8, 4) is 0 Å². The van der Waals surface area contributed by atoms with Crippen LogP contribution in [0.25, 0.3) is 11.1 Å². The van der Waals surface area contributed by atoms with E-state index < -0.39 is 29.7 Å². The Bertz CT molecular complexity index is 1040. The number of anilines is 1. The maximum atomic E-state index is 13.3. The van der Waals surface area contributed by atoms with E-state index in [2.05, 4.69) is 9.97 Å². The molecule has 2 aliphatic rings. The Kier molecular flexibility index (Phi) is 4.07. The van der Waals surface area contributed by atoms with Gasteiger partial charge in [-0.15, -0.1) is 0 Å². The standard InChI is InChI=1S/C20H15F6N3O/c21-19(22,23)11-8-15(20(24,25)26)28-16(9-11)29-12-6-5-10(7-12)17(29)18-27-13-3-1-2-4-14(13)30-18/h1-4,8-10,12,17H,5-7H2/t10-,12+,17-/m0/s1. The van der Waals surface area contributed by atoms with Gasteiger partial charge in [0.05, 0.1) is 5.56 Å². The van der Waals surface area contributed by atoms with Gasteiger partial charge < -0.3 is 9.32 Å². The van der Waals surface area contributed by atoms with Crippen LogP contribution < -0.4 is 4.90 Å². The van der Waals surface area contributed by atoms with Gasteiger partial charge in [0.1, 0.15) is 23.1 Å². The van der Waals surface area contributed by atoms with Crippen molar-refractivity contribution in [1.29, 1.82) is 0 Å². The molecule has 1 aliphatic carbocycles. The van der Waals surface area contributed by atoms with Crippen LogP contribution in [-0.4, -0.2) is 16.0 Å². The summed E-state index contributed by atoms with van der Waals surface area (Å²) < 4.78 is 85.7. The van der Waals surface area contributed by atoms with E-state index in [0.717, 1.165) is 6.42 Å². The first kappa shape index (κ1) is 19.2. The summed E-state index contributed by atoms with van der Waals surface area (Å²) in [6, 6.07) is 6.95. The van der Waals surface area contributed by atoms with Gasteiger partial charge in [0, 0.05) is 6.04 Å². The zero-order chi connectivity index (χ0) is 21.3. The summed E-state index contributed by atoms with van der Waals surface area (Å²) in [6.45, 7) is 0. The van der Waals surface area contributed by atoms with Gasteiger partial charge in [-0.3, -0.25) is 0 Å². The highest BCUT2D eigenvalue weighted by molar-refractivity contribution is 5.72. The molecule has 0 N–H and O–H groups in total. The largest absolute Gasteiger partial charge is 0.438 e. The molecule has 2 fully saturated rings. The Balaban J connectivity index is 1.64. The molecule has 1 saturated heterocycles. The molecule has 5 rings (SSSR count). The molecule has 0 spiro atoms. The van der Waals surface area contributed by atoms with Crippen LogP contribution in [0.4, 0.5) is 32.2 Å². The van der Waals surface area contributed by atoms with Gasteiger partial charge >= 0.3 is 12.4 Å². The highest BCUT2D eigenvalue weighted by atomic mass is 19.4. The molecule has 3 atom stereocenters. The third kappa shape index (κ3) is 3.09. The molecule has 158 valence electrons. The lowest BCUT2D eigenvalue weighted by molar-refractivity contribution is -0.145. The first-order valence-corrected chi connectivity index (χ1v) is 9.41. The Morgan fingerprint density at radius 3 is 2.40 bits per heavy atom. The van der Waals surface area contributed by atoms with Crippen molar-refractivity contribution in [2.75, 3.05) is 4.90 Å². The molecule has 1 aromatic carbocycles. The average Bonchev–Trinajstić information content (AvgIpc) is 3.39. The molecule has 1 saturated carbocycles. The van der Waals surface area contributed by atoms with Crippen molar-refractivity contribution in [1.82, 2.24) is 9.97 Å². The summed E-state index contributed by atoms with van der Waals surface area (Å²) in [5, 5.41) is 0. The van der Waals surface area contributed by atoms with Gasteiger partial charge in [0.2, 0.25) is 5.89 Å². The zero-order valence-electron chi connectivity index (χ0n) is 15.3. The Hall–Kier alpha value is -2.78. The molecule has 2 aromatic heterocycles. The second kappa shape index (κ2) is 6.36. The molecule has 30 heavy (non-hydrogen) atoms. The number of rotatable bonds is 2. The molecule has 3 aromatic rings. The van der Waals surface area contributed by atoms with Crippen molar-refractivity contribution in [3.05, 3.63) is 53.5 Å². The van der Waals surface area contributed by atoms with Crippen molar-refractivity contribution in [2.24, 2.45) is 5.92 Å². The van der Waals surface area contributed by atoms with Crippen LogP contribution in [0, 0.1) is 5.92 Å². The molecule has 0 unspecified atom stereocenters. The van der Waals surface area contributed by atoms with E-state index in [9.17, 15) is 26.3 Å². The molecule has 4 nitrogen and oxygen atoms in total. The highest BCUT2D eigenvalue weighted by Gasteiger charge is 2.50. The highest BCUT2D eigenvalue weighted by Crippen LogP contribution is 2.52. The van der Waals surface area contributed by atoms with E-state index in [4.69, 9.17) is 4.42 Å². The minimum Gasteiger partial charge on any atom is -0.438 e. The summed E-state index contributed by atoms with van der Waals surface area (Å²) in [7, 11) is 0. The Morgan fingerprint density at radius 2 is 1.70 bits per heavy atom. The van der Waals surface area contributed by atoms with Crippen LogP contribution >= 0.6 is 0 Å². The average molecular weight is 427 g/mol. The molecule has 2 bridgehead atoms.